The number of hydrogen-bond donors (Lipinski definition) is 0. The third-order valence-corrected chi connectivity index (χ3v) is 3.34. The fraction of sp³-hybridized carbons (Fsp3) is 0.714. The first-order chi connectivity index (χ1) is 4.31. The van der Waals surface area contributed by atoms with Crippen LogP contribution in [0.2, 0.25) is 11.1 Å². The van der Waals surface area contributed by atoms with E-state index in [1.54, 1.807) is 0 Å². The monoisotopic (exact) mass is 210 g/mol. The predicted octanol–water partition coefficient (Wildman–Crippen LogP) is 2.47. The SMILES string of the molecule is C=C(CSCC)C[Se]C. The Labute approximate surface area is 68.6 Å². The van der Waals surface area contributed by atoms with Crippen LogP contribution in [0.4, 0.5) is 0 Å². The Balaban J connectivity index is 3.06. The van der Waals surface area contributed by atoms with Gasteiger partial charge < -0.3 is 0 Å². The van der Waals surface area contributed by atoms with Crippen molar-refractivity contribution in [1.82, 2.24) is 0 Å². The van der Waals surface area contributed by atoms with Crippen LogP contribution in [0, 0.1) is 0 Å². The van der Waals surface area contributed by atoms with Crippen molar-refractivity contribution >= 4 is 26.7 Å². The van der Waals surface area contributed by atoms with Crippen LogP contribution in [0.15, 0.2) is 12.2 Å². The summed E-state index contributed by atoms with van der Waals surface area (Å²) >= 11 is 2.75. The minimum absolute atomic E-state index is 0.783. The van der Waals surface area contributed by atoms with Crippen molar-refractivity contribution in [2.45, 2.75) is 18.1 Å². The molecule has 0 N–H and O–H groups in total. The molecule has 0 aliphatic rings. The van der Waals surface area contributed by atoms with Gasteiger partial charge in [0.25, 0.3) is 0 Å². The molecule has 0 aromatic rings. The van der Waals surface area contributed by atoms with Crippen molar-refractivity contribution in [3.05, 3.63) is 12.2 Å². The van der Waals surface area contributed by atoms with E-state index in [0.717, 1.165) is 15.0 Å². The third-order valence-electron chi connectivity index (χ3n) is 0.859. The van der Waals surface area contributed by atoms with Gasteiger partial charge in [-0.2, -0.15) is 0 Å². The van der Waals surface area contributed by atoms with Crippen LogP contribution >= 0.6 is 11.8 Å². The van der Waals surface area contributed by atoms with Crippen LogP contribution in [0.5, 0.6) is 0 Å². The second-order valence-electron chi connectivity index (χ2n) is 1.82. The standard InChI is InChI=1S/C7H14SSe/c1-4-8-5-7(2)6-9-3/h2,4-6H2,1,3H3. The van der Waals surface area contributed by atoms with Crippen LogP contribution < -0.4 is 0 Å². The van der Waals surface area contributed by atoms with E-state index >= 15 is 0 Å². The summed E-state index contributed by atoms with van der Waals surface area (Å²) in [6.07, 6.45) is 0. The molecular formula is C7H14SSe. The molecule has 0 atom stereocenters. The van der Waals surface area contributed by atoms with E-state index in [2.05, 4.69) is 19.3 Å². The molecule has 0 aromatic carbocycles. The first kappa shape index (κ1) is 9.61. The molecule has 2 heteroatoms. The van der Waals surface area contributed by atoms with Gasteiger partial charge in [0.15, 0.2) is 0 Å². The first-order valence-corrected chi connectivity index (χ1v) is 7.12. The Morgan fingerprint density at radius 2 is 2.33 bits per heavy atom. The average Bonchev–Trinajstić information content (AvgIpc) is 1.85. The molecule has 0 aliphatic heterocycles. The van der Waals surface area contributed by atoms with Crippen molar-refractivity contribution < 1.29 is 0 Å². The average molecular weight is 209 g/mol. The quantitative estimate of drug-likeness (QED) is 0.495. The van der Waals surface area contributed by atoms with E-state index in [0.29, 0.717) is 0 Å². The summed E-state index contributed by atoms with van der Waals surface area (Å²) in [4.78, 5) is 0. The van der Waals surface area contributed by atoms with Crippen molar-refractivity contribution in [2.75, 3.05) is 11.5 Å². The van der Waals surface area contributed by atoms with E-state index in [4.69, 9.17) is 0 Å². The van der Waals surface area contributed by atoms with Crippen LogP contribution in [-0.4, -0.2) is 26.5 Å². The van der Waals surface area contributed by atoms with Gasteiger partial charge in [0, 0.05) is 0 Å². The van der Waals surface area contributed by atoms with Gasteiger partial charge in [0.2, 0.25) is 0 Å². The van der Waals surface area contributed by atoms with Gasteiger partial charge in [-0.3, -0.25) is 0 Å². The van der Waals surface area contributed by atoms with Crippen molar-refractivity contribution in [2.24, 2.45) is 0 Å². The summed E-state index contributed by atoms with van der Waals surface area (Å²) in [6.45, 7) is 6.17. The van der Waals surface area contributed by atoms with Crippen LogP contribution in [0.3, 0.4) is 0 Å². The predicted molar refractivity (Wildman–Crippen MR) is 48.6 cm³/mol. The molecule has 0 saturated heterocycles. The van der Waals surface area contributed by atoms with Crippen LogP contribution in [0.1, 0.15) is 6.92 Å². The Morgan fingerprint density at radius 1 is 1.67 bits per heavy atom. The summed E-state index contributed by atoms with van der Waals surface area (Å²) in [6, 6.07) is 0. The normalized spacial score (nSPS) is 9.56. The van der Waals surface area contributed by atoms with Gasteiger partial charge in [-0.1, -0.05) is 0 Å². The van der Waals surface area contributed by atoms with Gasteiger partial charge >= 0.3 is 68.4 Å². The second kappa shape index (κ2) is 6.73. The molecule has 0 bridgehead atoms. The fourth-order valence-electron chi connectivity index (χ4n) is 0.492. The zero-order valence-electron chi connectivity index (χ0n) is 6.14. The third kappa shape index (κ3) is 6.50. The summed E-state index contributed by atoms with van der Waals surface area (Å²) < 4.78 is 0. The molecule has 0 aromatic heterocycles. The Bertz CT molecular complexity index is 81.0. The molecule has 9 heavy (non-hydrogen) atoms. The van der Waals surface area contributed by atoms with E-state index in [1.807, 2.05) is 11.8 Å². The maximum absolute atomic E-state index is 3.98. The minimum atomic E-state index is 0.783. The molecule has 54 valence electrons. The molecule has 0 spiro atoms. The summed E-state index contributed by atoms with van der Waals surface area (Å²) in [5.74, 6) is 4.65. The van der Waals surface area contributed by atoms with E-state index in [9.17, 15) is 0 Å². The van der Waals surface area contributed by atoms with E-state index in [-0.39, 0.29) is 0 Å². The molecule has 0 heterocycles. The van der Waals surface area contributed by atoms with Gasteiger partial charge in [-0.05, 0) is 0 Å². The van der Waals surface area contributed by atoms with Crippen LogP contribution in [0.25, 0.3) is 0 Å². The van der Waals surface area contributed by atoms with Crippen molar-refractivity contribution in [1.29, 1.82) is 0 Å². The summed E-state index contributed by atoms with van der Waals surface area (Å²) in [5.41, 5.74) is 1.42. The number of thioether (sulfide) groups is 1. The molecule has 0 amide bonds. The molecule has 0 nitrogen and oxygen atoms in total. The summed E-state index contributed by atoms with van der Waals surface area (Å²) in [5, 5.41) is 1.26. The van der Waals surface area contributed by atoms with Crippen LogP contribution in [-0.2, 0) is 0 Å². The molecule has 0 fully saturated rings. The Kier molecular flexibility index (Phi) is 7.18. The zero-order valence-corrected chi connectivity index (χ0v) is 8.67. The van der Waals surface area contributed by atoms with Gasteiger partial charge in [0.1, 0.15) is 0 Å². The first-order valence-electron chi connectivity index (χ1n) is 3.04. The van der Waals surface area contributed by atoms with Crippen molar-refractivity contribution in [3.8, 4) is 0 Å². The van der Waals surface area contributed by atoms with E-state index < -0.39 is 0 Å². The fourth-order valence-corrected chi connectivity index (χ4v) is 2.45. The molecule has 0 rings (SSSR count). The molecule has 0 unspecified atom stereocenters. The topological polar surface area (TPSA) is 0 Å². The van der Waals surface area contributed by atoms with Gasteiger partial charge in [-0.25, -0.2) is 0 Å². The maximum atomic E-state index is 3.98. The molecule has 0 radical (unpaired) electrons. The van der Waals surface area contributed by atoms with Gasteiger partial charge in [0.05, 0.1) is 0 Å². The number of hydrogen-bond acceptors (Lipinski definition) is 1. The summed E-state index contributed by atoms with van der Waals surface area (Å²) in [7, 11) is 0. The number of rotatable bonds is 5. The zero-order chi connectivity index (χ0) is 7.11. The molecular weight excluding hydrogens is 195 g/mol. The van der Waals surface area contributed by atoms with E-state index in [1.165, 1.54) is 22.4 Å². The van der Waals surface area contributed by atoms with Gasteiger partial charge in [-0.15, -0.1) is 0 Å². The molecule has 0 aliphatic carbocycles. The Hall–Kier alpha value is 0.609. The molecule has 0 saturated carbocycles. The Morgan fingerprint density at radius 3 is 2.78 bits per heavy atom. The van der Waals surface area contributed by atoms with Crippen molar-refractivity contribution in [3.63, 3.8) is 0 Å². The second-order valence-corrected chi connectivity index (χ2v) is 4.91.